The Hall–Kier alpha value is -0.700. The van der Waals surface area contributed by atoms with Crippen molar-refractivity contribution in [3.8, 4) is 0 Å². The number of hydrogen-bond acceptors (Lipinski definition) is 1. The monoisotopic (exact) mass is 258 g/mol. The maximum absolute atomic E-state index is 13.5. The molecule has 0 radical (unpaired) electrons. The zero-order valence-corrected chi connectivity index (χ0v) is 9.77. The van der Waals surface area contributed by atoms with Crippen LogP contribution >= 0.6 is 15.9 Å². The second-order valence-electron chi connectivity index (χ2n) is 3.40. The predicted molar refractivity (Wildman–Crippen MR) is 57.9 cm³/mol. The highest BCUT2D eigenvalue weighted by molar-refractivity contribution is 9.10. The molecular formula is C11H12BrFO. The van der Waals surface area contributed by atoms with Crippen molar-refractivity contribution in [1.29, 1.82) is 0 Å². The summed E-state index contributed by atoms with van der Waals surface area (Å²) in [6.45, 7) is 3.75. The van der Waals surface area contributed by atoms with Crippen LogP contribution in [0.4, 0.5) is 4.39 Å². The van der Waals surface area contributed by atoms with E-state index in [1.165, 1.54) is 6.07 Å². The van der Waals surface area contributed by atoms with Gasteiger partial charge in [0.1, 0.15) is 12.1 Å². The minimum Gasteiger partial charge on any atom is -0.303 e. The zero-order chi connectivity index (χ0) is 10.7. The van der Waals surface area contributed by atoms with Gasteiger partial charge in [-0.15, -0.1) is 0 Å². The molecule has 1 atom stereocenters. The largest absolute Gasteiger partial charge is 0.303 e. The molecule has 14 heavy (non-hydrogen) atoms. The Balaban J connectivity index is 3.17. The van der Waals surface area contributed by atoms with Gasteiger partial charge in [-0.25, -0.2) is 4.39 Å². The van der Waals surface area contributed by atoms with Crippen LogP contribution in [0.2, 0.25) is 0 Å². The van der Waals surface area contributed by atoms with Crippen LogP contribution < -0.4 is 0 Å². The van der Waals surface area contributed by atoms with Gasteiger partial charge < -0.3 is 4.79 Å². The average molecular weight is 259 g/mol. The third kappa shape index (κ3) is 2.21. The van der Waals surface area contributed by atoms with Gasteiger partial charge in [-0.2, -0.15) is 0 Å². The van der Waals surface area contributed by atoms with Crippen molar-refractivity contribution in [3.63, 3.8) is 0 Å². The van der Waals surface area contributed by atoms with E-state index in [1.807, 2.05) is 13.8 Å². The number of halogens is 2. The molecule has 76 valence electrons. The first-order chi connectivity index (χ1) is 6.57. The van der Waals surface area contributed by atoms with Gasteiger partial charge in [0.25, 0.3) is 0 Å². The van der Waals surface area contributed by atoms with Crippen LogP contribution in [-0.2, 0) is 4.79 Å². The molecule has 0 N–H and O–H groups in total. The molecule has 0 saturated carbocycles. The van der Waals surface area contributed by atoms with Crippen molar-refractivity contribution in [3.05, 3.63) is 33.5 Å². The Kier molecular flexibility index (Phi) is 3.81. The molecule has 1 aromatic rings. The van der Waals surface area contributed by atoms with Crippen molar-refractivity contribution >= 4 is 22.2 Å². The fourth-order valence-electron chi connectivity index (χ4n) is 1.39. The van der Waals surface area contributed by atoms with Crippen LogP contribution in [0, 0.1) is 12.7 Å². The van der Waals surface area contributed by atoms with Gasteiger partial charge in [0.05, 0.1) is 0 Å². The van der Waals surface area contributed by atoms with Crippen LogP contribution in [-0.4, -0.2) is 6.29 Å². The van der Waals surface area contributed by atoms with Crippen LogP contribution in [0.3, 0.4) is 0 Å². The Morgan fingerprint density at radius 3 is 2.79 bits per heavy atom. The molecular weight excluding hydrogens is 247 g/mol. The molecule has 0 aliphatic rings. The minimum absolute atomic E-state index is 0.0817. The summed E-state index contributed by atoms with van der Waals surface area (Å²) in [4.78, 5) is 10.4. The maximum Gasteiger partial charge on any atom is 0.127 e. The molecule has 0 fully saturated rings. The molecule has 1 unspecified atom stereocenters. The molecule has 0 aromatic heterocycles. The van der Waals surface area contributed by atoms with Crippen molar-refractivity contribution in [2.24, 2.45) is 0 Å². The van der Waals surface area contributed by atoms with Crippen LogP contribution in [0.5, 0.6) is 0 Å². The van der Waals surface area contributed by atoms with E-state index in [-0.39, 0.29) is 11.7 Å². The van der Waals surface area contributed by atoms with Crippen molar-refractivity contribution in [2.45, 2.75) is 26.2 Å². The van der Waals surface area contributed by atoms with E-state index in [4.69, 9.17) is 0 Å². The van der Waals surface area contributed by atoms with Crippen molar-refractivity contribution < 1.29 is 9.18 Å². The SMILES string of the molecule is Cc1ccc(F)c(C(C)CC=O)c1Br. The molecule has 0 heterocycles. The second-order valence-corrected chi connectivity index (χ2v) is 4.19. The number of rotatable bonds is 3. The smallest absolute Gasteiger partial charge is 0.127 e. The number of aryl methyl sites for hydroxylation is 1. The molecule has 1 nitrogen and oxygen atoms in total. The Bertz CT molecular complexity index is 349. The van der Waals surface area contributed by atoms with Gasteiger partial charge in [-0.05, 0) is 24.5 Å². The summed E-state index contributed by atoms with van der Waals surface area (Å²) >= 11 is 3.35. The molecule has 0 amide bonds. The average Bonchev–Trinajstić information content (AvgIpc) is 2.13. The van der Waals surface area contributed by atoms with Crippen molar-refractivity contribution in [2.75, 3.05) is 0 Å². The molecule has 1 aromatic carbocycles. The molecule has 0 bridgehead atoms. The maximum atomic E-state index is 13.5. The lowest BCUT2D eigenvalue weighted by molar-refractivity contribution is -0.108. The number of carbonyl (C=O) groups is 1. The lowest BCUT2D eigenvalue weighted by Gasteiger charge is -2.13. The van der Waals surface area contributed by atoms with Crippen LogP contribution in [0.25, 0.3) is 0 Å². The standard InChI is InChI=1S/C11H12BrFO/c1-7(5-6-14)10-9(13)4-3-8(2)11(10)12/h3-4,6-7H,5H2,1-2H3. The van der Waals surface area contributed by atoms with Crippen molar-refractivity contribution in [1.82, 2.24) is 0 Å². The third-order valence-corrected chi connectivity index (χ3v) is 3.31. The molecule has 0 aliphatic heterocycles. The number of hydrogen-bond donors (Lipinski definition) is 0. The van der Waals surface area contributed by atoms with Crippen LogP contribution in [0.1, 0.15) is 30.4 Å². The lowest BCUT2D eigenvalue weighted by Crippen LogP contribution is -2.00. The van der Waals surface area contributed by atoms with E-state index in [0.717, 1.165) is 16.3 Å². The highest BCUT2D eigenvalue weighted by atomic mass is 79.9. The summed E-state index contributed by atoms with van der Waals surface area (Å²) in [5.74, 6) is -0.335. The highest BCUT2D eigenvalue weighted by Gasteiger charge is 2.15. The first-order valence-corrected chi connectivity index (χ1v) is 5.25. The Morgan fingerprint density at radius 2 is 2.21 bits per heavy atom. The summed E-state index contributed by atoms with van der Waals surface area (Å²) in [6.07, 6.45) is 1.16. The molecule has 3 heteroatoms. The normalized spacial score (nSPS) is 12.6. The lowest BCUT2D eigenvalue weighted by atomic mass is 9.96. The number of benzene rings is 1. The predicted octanol–water partition coefficient (Wildman–Crippen LogP) is 3.59. The van der Waals surface area contributed by atoms with Gasteiger partial charge in [-0.3, -0.25) is 0 Å². The van der Waals surface area contributed by atoms with Crippen LogP contribution in [0.15, 0.2) is 16.6 Å². The summed E-state index contributed by atoms with van der Waals surface area (Å²) in [5.41, 5.74) is 1.58. The summed E-state index contributed by atoms with van der Waals surface area (Å²) in [6, 6.07) is 3.16. The van der Waals surface area contributed by atoms with Gasteiger partial charge in [-0.1, -0.05) is 28.9 Å². The summed E-state index contributed by atoms with van der Waals surface area (Å²) < 4.78 is 14.2. The first-order valence-electron chi connectivity index (χ1n) is 4.46. The van der Waals surface area contributed by atoms with Gasteiger partial charge in [0, 0.05) is 16.5 Å². The number of aldehydes is 1. The van der Waals surface area contributed by atoms with E-state index in [1.54, 1.807) is 6.07 Å². The fraction of sp³-hybridized carbons (Fsp3) is 0.364. The minimum atomic E-state index is -0.253. The second kappa shape index (κ2) is 4.69. The summed E-state index contributed by atoms with van der Waals surface area (Å²) in [7, 11) is 0. The molecule has 0 aliphatic carbocycles. The number of carbonyl (C=O) groups excluding carboxylic acids is 1. The molecule has 0 saturated heterocycles. The topological polar surface area (TPSA) is 17.1 Å². The quantitative estimate of drug-likeness (QED) is 0.758. The Morgan fingerprint density at radius 1 is 1.57 bits per heavy atom. The van der Waals surface area contributed by atoms with E-state index in [2.05, 4.69) is 15.9 Å². The highest BCUT2D eigenvalue weighted by Crippen LogP contribution is 2.31. The molecule has 0 spiro atoms. The summed E-state index contributed by atoms with van der Waals surface area (Å²) in [5, 5.41) is 0. The third-order valence-electron chi connectivity index (χ3n) is 2.26. The zero-order valence-electron chi connectivity index (χ0n) is 8.18. The van der Waals surface area contributed by atoms with E-state index >= 15 is 0 Å². The Labute approximate surface area is 91.5 Å². The van der Waals surface area contributed by atoms with E-state index < -0.39 is 0 Å². The fourth-order valence-corrected chi connectivity index (χ4v) is 2.10. The van der Waals surface area contributed by atoms with E-state index in [0.29, 0.717) is 12.0 Å². The molecule has 1 rings (SSSR count). The first kappa shape index (κ1) is 11.4. The van der Waals surface area contributed by atoms with Gasteiger partial charge in [0.15, 0.2) is 0 Å². The van der Waals surface area contributed by atoms with Gasteiger partial charge >= 0.3 is 0 Å². The van der Waals surface area contributed by atoms with E-state index in [9.17, 15) is 9.18 Å². The van der Waals surface area contributed by atoms with Gasteiger partial charge in [0.2, 0.25) is 0 Å².